The van der Waals surface area contributed by atoms with Gasteiger partial charge >= 0.3 is 0 Å². The van der Waals surface area contributed by atoms with Crippen molar-refractivity contribution in [2.75, 3.05) is 0 Å². The lowest BCUT2D eigenvalue weighted by atomic mass is 10.0. The summed E-state index contributed by atoms with van der Waals surface area (Å²) >= 11 is 13.6. The van der Waals surface area contributed by atoms with Gasteiger partial charge in [0.05, 0.1) is 0 Å². The Hall–Kier alpha value is 0.0169. The summed E-state index contributed by atoms with van der Waals surface area (Å²) in [5.41, 5.74) is 1.96. The average molecular weight is 315 g/mol. The van der Waals surface area contributed by atoms with Gasteiger partial charge in [0.15, 0.2) is 0 Å². The predicted molar refractivity (Wildman–Crippen MR) is 89.0 cm³/mol. The summed E-state index contributed by atoms with van der Waals surface area (Å²) in [6.07, 6.45) is 10.1. The smallest absolute Gasteiger partial charge is 0.139 e. The van der Waals surface area contributed by atoms with Crippen LogP contribution in [0.5, 0.6) is 0 Å². The summed E-state index contributed by atoms with van der Waals surface area (Å²) in [7, 11) is 0. The van der Waals surface area contributed by atoms with E-state index in [0.29, 0.717) is 5.54 Å². The molecule has 0 N–H and O–H groups in total. The molecular formula is C16H24Cl2Si. The number of unbranched alkanes of at least 4 members (excludes halogenated alkanes) is 1. The molecule has 0 amide bonds. The van der Waals surface area contributed by atoms with Crippen molar-refractivity contribution in [3.63, 3.8) is 0 Å². The zero-order valence-electron chi connectivity index (χ0n) is 11.8. The van der Waals surface area contributed by atoms with Crippen LogP contribution in [0.1, 0.15) is 57.4 Å². The summed E-state index contributed by atoms with van der Waals surface area (Å²) in [4.78, 5) is 0. The molecule has 0 atom stereocenters. The summed E-state index contributed by atoms with van der Waals surface area (Å²) in [5, 5.41) is 1.21. The van der Waals surface area contributed by atoms with Crippen LogP contribution < -0.4 is 5.19 Å². The Balaban J connectivity index is 2.06. The Bertz CT molecular complexity index is 380. The fourth-order valence-corrected chi connectivity index (χ4v) is 7.26. The average Bonchev–Trinajstić information content (AvgIpc) is 2.46. The summed E-state index contributed by atoms with van der Waals surface area (Å²) in [6.45, 7) is -0.0592. The Labute approximate surface area is 127 Å². The highest BCUT2D eigenvalue weighted by Crippen LogP contribution is 2.41. The van der Waals surface area contributed by atoms with Crippen LogP contribution in [0.15, 0.2) is 24.3 Å². The third-order valence-electron chi connectivity index (χ3n) is 4.28. The molecule has 2 rings (SSSR count). The molecule has 1 aliphatic rings. The van der Waals surface area contributed by atoms with Crippen LogP contribution in [0.2, 0.25) is 5.54 Å². The van der Waals surface area contributed by atoms with Crippen molar-refractivity contribution in [2.45, 2.75) is 63.8 Å². The van der Waals surface area contributed by atoms with Gasteiger partial charge in [-0.25, -0.2) is 0 Å². The minimum absolute atomic E-state index is 0.547. The van der Waals surface area contributed by atoms with E-state index >= 15 is 0 Å². The molecule has 3 heteroatoms. The van der Waals surface area contributed by atoms with E-state index in [4.69, 9.17) is 22.2 Å². The first-order chi connectivity index (χ1) is 9.14. The minimum Gasteiger partial charge on any atom is -0.139 e. The van der Waals surface area contributed by atoms with Crippen molar-refractivity contribution in [1.82, 2.24) is 0 Å². The van der Waals surface area contributed by atoms with Gasteiger partial charge in [-0.3, -0.25) is 0 Å². The van der Waals surface area contributed by atoms with E-state index < -0.39 is 6.69 Å². The van der Waals surface area contributed by atoms with Crippen LogP contribution in [0.4, 0.5) is 0 Å². The van der Waals surface area contributed by atoms with Gasteiger partial charge in [-0.15, -0.1) is 22.2 Å². The predicted octanol–water partition coefficient (Wildman–Crippen LogP) is 5.49. The van der Waals surface area contributed by atoms with Crippen molar-refractivity contribution >= 4 is 34.0 Å². The van der Waals surface area contributed by atoms with Crippen LogP contribution in [0.25, 0.3) is 0 Å². The number of rotatable bonds is 5. The van der Waals surface area contributed by atoms with E-state index in [2.05, 4.69) is 31.2 Å². The molecule has 1 saturated carbocycles. The van der Waals surface area contributed by atoms with Gasteiger partial charge in [0.25, 0.3) is 6.69 Å². The second-order valence-corrected chi connectivity index (χ2v) is 12.6. The Morgan fingerprint density at radius 2 is 1.68 bits per heavy atom. The first-order valence-electron chi connectivity index (χ1n) is 7.62. The number of aryl methyl sites for hydroxylation is 1. The SMILES string of the molecule is CCCCc1ccc([Si](Cl)(Cl)C2CCCCC2)cc1. The van der Waals surface area contributed by atoms with Gasteiger partial charge in [0.2, 0.25) is 0 Å². The highest BCUT2D eigenvalue weighted by atomic mass is 35.7. The molecule has 0 heterocycles. The maximum Gasteiger partial charge on any atom is 0.283 e. The van der Waals surface area contributed by atoms with Crippen molar-refractivity contribution in [2.24, 2.45) is 0 Å². The van der Waals surface area contributed by atoms with Gasteiger partial charge in [-0.1, -0.05) is 69.7 Å². The van der Waals surface area contributed by atoms with Crippen molar-refractivity contribution in [1.29, 1.82) is 0 Å². The lowest BCUT2D eigenvalue weighted by Crippen LogP contribution is -2.42. The number of hydrogen-bond donors (Lipinski definition) is 0. The van der Waals surface area contributed by atoms with Crippen molar-refractivity contribution in [3.05, 3.63) is 29.8 Å². The first-order valence-corrected chi connectivity index (χ1v) is 11.7. The highest BCUT2D eigenvalue weighted by Gasteiger charge is 2.40. The maximum atomic E-state index is 6.80. The lowest BCUT2D eigenvalue weighted by molar-refractivity contribution is 0.499. The molecule has 0 unspecified atom stereocenters. The second-order valence-electron chi connectivity index (χ2n) is 5.76. The summed E-state index contributed by atoms with van der Waals surface area (Å²) < 4.78 is 0. The molecule has 0 radical (unpaired) electrons. The molecule has 0 aliphatic heterocycles. The zero-order chi connectivity index (χ0) is 13.7. The van der Waals surface area contributed by atoms with Gasteiger partial charge in [-0.05, 0) is 29.1 Å². The van der Waals surface area contributed by atoms with Gasteiger partial charge < -0.3 is 0 Å². The summed E-state index contributed by atoms with van der Waals surface area (Å²) in [6, 6.07) is 8.82. The lowest BCUT2D eigenvalue weighted by Gasteiger charge is -2.31. The second kappa shape index (κ2) is 7.15. The topological polar surface area (TPSA) is 0 Å². The van der Waals surface area contributed by atoms with Crippen LogP contribution in [0, 0.1) is 0 Å². The molecule has 1 fully saturated rings. The third kappa shape index (κ3) is 3.99. The van der Waals surface area contributed by atoms with E-state index in [1.807, 2.05) is 0 Å². The fourth-order valence-electron chi connectivity index (χ4n) is 2.98. The van der Waals surface area contributed by atoms with Gasteiger partial charge in [-0.2, -0.15) is 0 Å². The molecule has 1 aromatic carbocycles. The quantitative estimate of drug-likeness (QED) is 0.498. The van der Waals surface area contributed by atoms with E-state index in [0.717, 1.165) is 0 Å². The molecule has 0 spiro atoms. The Kier molecular flexibility index (Phi) is 5.80. The summed E-state index contributed by atoms with van der Waals surface area (Å²) in [5.74, 6) is 0. The Morgan fingerprint density at radius 3 is 2.26 bits per heavy atom. The molecule has 1 aromatic rings. The van der Waals surface area contributed by atoms with Crippen LogP contribution in [-0.4, -0.2) is 6.69 Å². The Morgan fingerprint density at radius 1 is 1.05 bits per heavy atom. The number of hydrogen-bond acceptors (Lipinski definition) is 0. The normalized spacial score (nSPS) is 17.6. The molecule has 0 saturated heterocycles. The molecular weight excluding hydrogens is 291 g/mol. The van der Waals surface area contributed by atoms with E-state index in [1.165, 1.54) is 62.1 Å². The van der Waals surface area contributed by atoms with Crippen LogP contribution >= 0.6 is 22.2 Å². The molecule has 1 aliphatic carbocycles. The van der Waals surface area contributed by atoms with Gasteiger partial charge in [0, 0.05) is 0 Å². The molecule has 0 aromatic heterocycles. The fraction of sp³-hybridized carbons (Fsp3) is 0.625. The highest BCUT2D eigenvalue weighted by molar-refractivity contribution is 7.51. The van der Waals surface area contributed by atoms with Crippen molar-refractivity contribution < 1.29 is 0 Å². The standard InChI is InChI=1S/C16H24Cl2Si/c1-2-3-7-14-10-12-16(13-11-14)19(17,18)15-8-5-4-6-9-15/h10-13,15H,2-9H2,1H3. The van der Waals surface area contributed by atoms with Crippen LogP contribution in [-0.2, 0) is 6.42 Å². The monoisotopic (exact) mass is 314 g/mol. The molecule has 106 valence electrons. The maximum absolute atomic E-state index is 6.80. The molecule has 0 bridgehead atoms. The van der Waals surface area contributed by atoms with Crippen molar-refractivity contribution in [3.8, 4) is 0 Å². The zero-order valence-corrected chi connectivity index (χ0v) is 14.3. The van der Waals surface area contributed by atoms with E-state index in [1.54, 1.807) is 0 Å². The van der Waals surface area contributed by atoms with E-state index in [-0.39, 0.29) is 0 Å². The van der Waals surface area contributed by atoms with Gasteiger partial charge in [0.1, 0.15) is 0 Å². The van der Waals surface area contributed by atoms with E-state index in [9.17, 15) is 0 Å². The largest absolute Gasteiger partial charge is 0.283 e. The molecule has 0 nitrogen and oxygen atoms in total. The number of halogens is 2. The minimum atomic E-state index is -2.29. The molecule has 19 heavy (non-hydrogen) atoms. The third-order valence-corrected chi connectivity index (χ3v) is 10.1. The number of benzene rings is 1. The first kappa shape index (κ1) is 15.4. The van der Waals surface area contributed by atoms with Crippen LogP contribution in [0.3, 0.4) is 0 Å².